The van der Waals surface area contributed by atoms with Gasteiger partial charge in [0.25, 0.3) is 5.91 Å². The maximum Gasteiger partial charge on any atom is 0.344 e. The molecular formula is C21H25NO4. The van der Waals surface area contributed by atoms with Crippen LogP contribution in [0.25, 0.3) is 0 Å². The van der Waals surface area contributed by atoms with Gasteiger partial charge in [-0.25, -0.2) is 4.79 Å². The van der Waals surface area contributed by atoms with Crippen LogP contribution >= 0.6 is 0 Å². The SMILES string of the molecule is Cc1cc(C)cc(OCC(=O)OC(C)C(=O)Nc2ccc(C)cc2C)c1. The fourth-order valence-corrected chi connectivity index (χ4v) is 2.63. The molecule has 5 nitrogen and oxygen atoms in total. The van der Waals surface area contributed by atoms with E-state index in [2.05, 4.69) is 5.32 Å². The molecular weight excluding hydrogens is 330 g/mol. The van der Waals surface area contributed by atoms with Crippen molar-refractivity contribution in [3.63, 3.8) is 0 Å². The van der Waals surface area contributed by atoms with Gasteiger partial charge in [0.15, 0.2) is 12.7 Å². The molecule has 2 rings (SSSR count). The average molecular weight is 355 g/mol. The van der Waals surface area contributed by atoms with E-state index in [0.29, 0.717) is 11.4 Å². The third-order valence-corrected chi connectivity index (χ3v) is 3.87. The zero-order chi connectivity index (χ0) is 19.3. The number of benzene rings is 2. The largest absolute Gasteiger partial charge is 0.482 e. The summed E-state index contributed by atoms with van der Waals surface area (Å²) < 4.78 is 10.6. The van der Waals surface area contributed by atoms with Gasteiger partial charge in [0.05, 0.1) is 0 Å². The fraction of sp³-hybridized carbons (Fsp3) is 0.333. The van der Waals surface area contributed by atoms with Crippen molar-refractivity contribution in [2.45, 2.75) is 40.7 Å². The lowest BCUT2D eigenvalue weighted by Crippen LogP contribution is -2.31. The molecule has 0 spiro atoms. The summed E-state index contributed by atoms with van der Waals surface area (Å²) in [5.41, 5.74) is 4.87. The molecule has 1 atom stereocenters. The normalized spacial score (nSPS) is 11.6. The monoisotopic (exact) mass is 355 g/mol. The van der Waals surface area contributed by atoms with E-state index >= 15 is 0 Å². The van der Waals surface area contributed by atoms with Crippen molar-refractivity contribution in [1.29, 1.82) is 0 Å². The van der Waals surface area contributed by atoms with Crippen molar-refractivity contribution >= 4 is 17.6 Å². The van der Waals surface area contributed by atoms with E-state index in [1.807, 2.05) is 64.1 Å². The highest BCUT2D eigenvalue weighted by Crippen LogP contribution is 2.17. The molecule has 0 heterocycles. The van der Waals surface area contributed by atoms with Crippen LogP contribution in [0.5, 0.6) is 5.75 Å². The molecule has 1 N–H and O–H groups in total. The molecule has 2 aromatic carbocycles. The molecule has 138 valence electrons. The minimum absolute atomic E-state index is 0.246. The first-order chi connectivity index (χ1) is 12.2. The van der Waals surface area contributed by atoms with Crippen molar-refractivity contribution in [3.8, 4) is 5.75 Å². The van der Waals surface area contributed by atoms with Crippen molar-refractivity contribution in [2.24, 2.45) is 0 Å². The van der Waals surface area contributed by atoms with Crippen molar-refractivity contribution in [2.75, 3.05) is 11.9 Å². The summed E-state index contributed by atoms with van der Waals surface area (Å²) in [5.74, 6) is -0.365. The number of hydrogen-bond donors (Lipinski definition) is 1. The van der Waals surface area contributed by atoms with E-state index in [9.17, 15) is 9.59 Å². The zero-order valence-electron chi connectivity index (χ0n) is 15.9. The fourth-order valence-electron chi connectivity index (χ4n) is 2.63. The Morgan fingerprint density at radius 1 is 0.962 bits per heavy atom. The molecule has 26 heavy (non-hydrogen) atoms. The number of hydrogen-bond acceptors (Lipinski definition) is 4. The maximum atomic E-state index is 12.2. The quantitative estimate of drug-likeness (QED) is 0.799. The minimum Gasteiger partial charge on any atom is -0.482 e. The first kappa shape index (κ1) is 19.5. The van der Waals surface area contributed by atoms with Gasteiger partial charge in [-0.3, -0.25) is 4.79 Å². The first-order valence-corrected chi connectivity index (χ1v) is 8.53. The van der Waals surface area contributed by atoms with Gasteiger partial charge in [-0.2, -0.15) is 0 Å². The van der Waals surface area contributed by atoms with Gasteiger partial charge in [0, 0.05) is 5.69 Å². The summed E-state index contributed by atoms with van der Waals surface area (Å²) in [4.78, 5) is 24.2. The second-order valence-electron chi connectivity index (χ2n) is 6.55. The van der Waals surface area contributed by atoms with Crippen LogP contribution in [0.4, 0.5) is 5.69 Å². The Kier molecular flexibility index (Phi) is 6.39. The van der Waals surface area contributed by atoms with Crippen LogP contribution in [0.1, 0.15) is 29.2 Å². The molecule has 0 saturated heterocycles. The summed E-state index contributed by atoms with van der Waals surface area (Å²) in [6, 6.07) is 11.4. The van der Waals surface area contributed by atoms with Gasteiger partial charge >= 0.3 is 5.97 Å². The van der Waals surface area contributed by atoms with E-state index in [1.54, 1.807) is 0 Å². The Morgan fingerprint density at radius 2 is 1.62 bits per heavy atom. The van der Waals surface area contributed by atoms with E-state index in [4.69, 9.17) is 9.47 Å². The molecule has 5 heteroatoms. The number of amides is 1. The van der Waals surface area contributed by atoms with Crippen molar-refractivity contribution in [1.82, 2.24) is 0 Å². The summed E-state index contributed by atoms with van der Waals surface area (Å²) in [6.07, 6.45) is -0.911. The summed E-state index contributed by atoms with van der Waals surface area (Å²) in [5, 5.41) is 2.77. The number of anilines is 1. The Balaban J connectivity index is 1.86. The molecule has 2 aromatic rings. The molecule has 1 unspecified atom stereocenters. The van der Waals surface area contributed by atoms with Crippen LogP contribution < -0.4 is 10.1 Å². The molecule has 0 aliphatic carbocycles. The molecule has 0 aliphatic rings. The molecule has 0 saturated carbocycles. The van der Waals surface area contributed by atoms with Gasteiger partial charge in [-0.05, 0) is 69.5 Å². The smallest absolute Gasteiger partial charge is 0.344 e. The van der Waals surface area contributed by atoms with E-state index in [1.165, 1.54) is 6.92 Å². The van der Waals surface area contributed by atoms with Crippen LogP contribution in [-0.2, 0) is 14.3 Å². The number of rotatable bonds is 6. The van der Waals surface area contributed by atoms with Crippen molar-refractivity contribution < 1.29 is 19.1 Å². The third kappa shape index (κ3) is 5.62. The lowest BCUT2D eigenvalue weighted by atomic mass is 10.1. The van der Waals surface area contributed by atoms with Gasteiger partial charge in [0.2, 0.25) is 0 Å². The number of nitrogens with one attached hydrogen (secondary N) is 1. The highest BCUT2D eigenvalue weighted by atomic mass is 16.6. The maximum absolute atomic E-state index is 12.2. The molecule has 0 aromatic heterocycles. The van der Waals surface area contributed by atoms with Gasteiger partial charge in [-0.15, -0.1) is 0 Å². The van der Waals surface area contributed by atoms with Crippen LogP contribution in [-0.4, -0.2) is 24.6 Å². The lowest BCUT2D eigenvalue weighted by Gasteiger charge is -2.15. The van der Waals surface area contributed by atoms with Gasteiger partial charge < -0.3 is 14.8 Å². The Bertz CT molecular complexity index is 793. The standard InChI is InChI=1S/C21H25NO4/c1-13-6-7-19(16(4)9-13)22-21(24)17(5)26-20(23)12-25-18-10-14(2)8-15(3)11-18/h6-11,17H,12H2,1-5H3,(H,22,24). The second-order valence-corrected chi connectivity index (χ2v) is 6.55. The average Bonchev–Trinajstić information content (AvgIpc) is 2.54. The van der Waals surface area contributed by atoms with Crippen molar-refractivity contribution in [3.05, 3.63) is 58.7 Å². The van der Waals surface area contributed by atoms with Crippen LogP contribution in [0.3, 0.4) is 0 Å². The van der Waals surface area contributed by atoms with Crippen LogP contribution in [0.2, 0.25) is 0 Å². The zero-order valence-corrected chi connectivity index (χ0v) is 15.9. The topological polar surface area (TPSA) is 64.6 Å². The number of aryl methyl sites for hydroxylation is 4. The van der Waals surface area contributed by atoms with E-state index < -0.39 is 12.1 Å². The number of carbonyl (C=O) groups excluding carboxylic acids is 2. The van der Waals surface area contributed by atoms with E-state index in [-0.39, 0.29) is 12.5 Å². The highest BCUT2D eigenvalue weighted by Gasteiger charge is 2.19. The first-order valence-electron chi connectivity index (χ1n) is 8.53. The second kappa shape index (κ2) is 8.52. The number of esters is 1. The van der Waals surface area contributed by atoms with Gasteiger partial charge in [-0.1, -0.05) is 23.8 Å². The summed E-state index contributed by atoms with van der Waals surface area (Å²) in [6.45, 7) is 9.10. The summed E-state index contributed by atoms with van der Waals surface area (Å²) >= 11 is 0. The Labute approximate surface area is 154 Å². The molecule has 0 bridgehead atoms. The highest BCUT2D eigenvalue weighted by molar-refractivity contribution is 5.95. The summed E-state index contributed by atoms with van der Waals surface area (Å²) in [7, 11) is 0. The van der Waals surface area contributed by atoms with Crippen LogP contribution in [0.15, 0.2) is 36.4 Å². The molecule has 0 aliphatic heterocycles. The molecule has 1 amide bonds. The predicted octanol–water partition coefficient (Wildman–Crippen LogP) is 3.87. The predicted molar refractivity (Wildman–Crippen MR) is 102 cm³/mol. The minimum atomic E-state index is -0.911. The number of ether oxygens (including phenoxy) is 2. The molecule has 0 fully saturated rings. The third-order valence-electron chi connectivity index (χ3n) is 3.87. The van der Waals surface area contributed by atoms with Gasteiger partial charge in [0.1, 0.15) is 5.75 Å². The van der Waals surface area contributed by atoms with E-state index in [0.717, 1.165) is 22.3 Å². The number of carbonyl (C=O) groups is 2. The Morgan fingerprint density at radius 3 is 2.23 bits per heavy atom. The van der Waals surface area contributed by atoms with Crippen LogP contribution in [0, 0.1) is 27.7 Å². The molecule has 0 radical (unpaired) electrons. The lowest BCUT2D eigenvalue weighted by molar-refractivity contribution is -0.155. The Hall–Kier alpha value is -2.82.